The van der Waals surface area contributed by atoms with Crippen LogP contribution in [0.15, 0.2) is 0 Å². The molecule has 0 saturated heterocycles. The van der Waals surface area contributed by atoms with Crippen LogP contribution in [0.25, 0.3) is 0 Å². The van der Waals surface area contributed by atoms with Crippen LogP contribution < -0.4 is 0 Å². The van der Waals surface area contributed by atoms with Gasteiger partial charge in [0.1, 0.15) is 0 Å². The number of hydrogen-bond acceptors (Lipinski definition) is 1. The molecule has 0 spiro atoms. The van der Waals surface area contributed by atoms with Gasteiger partial charge < -0.3 is 4.52 Å². The molecule has 0 rings (SSSR count). The maximum Gasteiger partial charge on any atom is 0.0394 e. The van der Waals surface area contributed by atoms with Gasteiger partial charge in [0.05, 0.1) is 0 Å². The van der Waals surface area contributed by atoms with E-state index in [9.17, 15) is 0 Å². The molecule has 2 heteroatoms. The van der Waals surface area contributed by atoms with Gasteiger partial charge in [0.25, 0.3) is 0 Å². The fraction of sp³-hybridized carbons (Fsp3) is 0.714. The zero-order valence-electron chi connectivity index (χ0n) is 5.98. The Hall–Kier alpha value is -0.0500. The summed E-state index contributed by atoms with van der Waals surface area (Å²) < 4.78 is 4.92. The molecule has 0 bridgehead atoms. The lowest BCUT2D eigenvalue weighted by Crippen LogP contribution is -1.94. The summed E-state index contributed by atoms with van der Waals surface area (Å²) in [6, 6.07) is 0. The molecule has 1 nitrogen and oxygen atoms in total. The first-order chi connectivity index (χ1) is 4.31. The monoisotopic (exact) mass is 144 g/mol. The summed E-state index contributed by atoms with van der Waals surface area (Å²) in [4.78, 5) is 0. The molecule has 0 aliphatic heterocycles. The van der Waals surface area contributed by atoms with E-state index in [1.165, 1.54) is 0 Å². The Morgan fingerprint density at radius 3 is 2.89 bits per heavy atom. The molecule has 0 aromatic carbocycles. The summed E-state index contributed by atoms with van der Waals surface area (Å²) >= 11 is 0. The van der Waals surface area contributed by atoms with E-state index in [-0.39, 0.29) is 0 Å². The van der Waals surface area contributed by atoms with Crippen molar-refractivity contribution in [3.63, 3.8) is 0 Å². The Labute approximate surface area is 59.0 Å². The van der Waals surface area contributed by atoms with Crippen LogP contribution in [0, 0.1) is 18.3 Å². The molecular weight excluding hydrogens is 131 g/mol. The molecule has 0 aromatic heterocycles. The van der Waals surface area contributed by atoms with Crippen LogP contribution in [0.2, 0.25) is 0 Å². The van der Waals surface area contributed by atoms with Crippen LogP contribution in [-0.4, -0.2) is 13.3 Å². The zero-order valence-corrected chi connectivity index (χ0v) is 6.98. The van der Waals surface area contributed by atoms with Crippen molar-refractivity contribution in [1.29, 1.82) is 0 Å². The first-order valence-corrected chi connectivity index (χ1v) is 4.12. The molecule has 0 aromatic rings. The molecule has 1 unspecified atom stereocenters. The van der Waals surface area contributed by atoms with Gasteiger partial charge in [-0.3, -0.25) is 0 Å². The van der Waals surface area contributed by atoms with Gasteiger partial charge in [-0.25, -0.2) is 0 Å². The highest BCUT2D eigenvalue weighted by Gasteiger charge is 1.97. The van der Waals surface area contributed by atoms with Crippen molar-refractivity contribution in [1.82, 2.24) is 0 Å². The predicted molar refractivity (Wildman–Crippen MR) is 42.8 cm³/mol. The van der Waals surface area contributed by atoms with Gasteiger partial charge in [-0.1, -0.05) is 6.92 Å². The third-order valence-corrected chi connectivity index (χ3v) is 2.19. The van der Waals surface area contributed by atoms with Gasteiger partial charge in [-0.05, 0) is 12.1 Å². The van der Waals surface area contributed by atoms with Gasteiger partial charge in [0, 0.05) is 22.3 Å². The van der Waals surface area contributed by atoms with Gasteiger partial charge in [0.2, 0.25) is 0 Å². The van der Waals surface area contributed by atoms with Crippen molar-refractivity contribution < 1.29 is 4.52 Å². The molecule has 0 amide bonds. The highest BCUT2D eigenvalue weighted by atomic mass is 31.1. The highest BCUT2D eigenvalue weighted by molar-refractivity contribution is 7.32. The summed E-state index contributed by atoms with van der Waals surface area (Å²) in [6.45, 7) is 2.14. The average Bonchev–Trinajstić information content (AvgIpc) is 1.85. The van der Waals surface area contributed by atoms with Gasteiger partial charge in [-0.15, -0.1) is 12.3 Å². The minimum absolute atomic E-state index is 0.609. The maximum absolute atomic E-state index is 5.11. The van der Waals surface area contributed by atoms with Crippen LogP contribution in [0.1, 0.15) is 13.3 Å². The molecule has 0 radical (unpaired) electrons. The second-order valence-electron chi connectivity index (χ2n) is 2.07. The van der Waals surface area contributed by atoms with Crippen LogP contribution in [0.5, 0.6) is 0 Å². The topological polar surface area (TPSA) is 9.23 Å². The quantitative estimate of drug-likeness (QED) is 0.432. The third kappa shape index (κ3) is 5.83. The standard InChI is InChI=1S/C7H13OP/c1-4-5-7(2)6-9-8-3/h1,7,9H,5-6H2,2-3H3/t7-/m1/s1. The molecule has 0 saturated carbocycles. The van der Waals surface area contributed by atoms with Crippen molar-refractivity contribution in [2.24, 2.45) is 5.92 Å². The van der Waals surface area contributed by atoms with Crippen LogP contribution >= 0.6 is 8.81 Å². The highest BCUT2D eigenvalue weighted by Crippen LogP contribution is 2.16. The molecule has 0 N–H and O–H groups in total. The van der Waals surface area contributed by atoms with Crippen LogP contribution in [0.3, 0.4) is 0 Å². The normalized spacial score (nSPS) is 13.9. The van der Waals surface area contributed by atoms with E-state index in [0.29, 0.717) is 14.7 Å². The first-order valence-electron chi connectivity index (χ1n) is 3.00. The molecule has 9 heavy (non-hydrogen) atoms. The van der Waals surface area contributed by atoms with Crippen molar-refractivity contribution in [3.05, 3.63) is 0 Å². The van der Waals surface area contributed by atoms with Crippen molar-refractivity contribution in [3.8, 4) is 12.3 Å². The van der Waals surface area contributed by atoms with Gasteiger partial charge in [-0.2, -0.15) is 0 Å². The van der Waals surface area contributed by atoms with E-state index < -0.39 is 0 Å². The van der Waals surface area contributed by atoms with Crippen LogP contribution in [0.4, 0.5) is 0 Å². The fourth-order valence-corrected chi connectivity index (χ4v) is 1.09. The molecule has 0 fully saturated rings. The largest absolute Gasteiger partial charge is 0.366 e. The molecular formula is C7H13OP. The Balaban J connectivity index is 3.08. The summed E-state index contributed by atoms with van der Waals surface area (Å²) in [5.41, 5.74) is 0. The number of hydrogen-bond donors (Lipinski definition) is 0. The van der Waals surface area contributed by atoms with Crippen molar-refractivity contribution in [2.45, 2.75) is 13.3 Å². The minimum Gasteiger partial charge on any atom is -0.366 e. The minimum atomic E-state index is 0.609. The lowest BCUT2D eigenvalue weighted by atomic mass is 10.1. The second kappa shape index (κ2) is 6.08. The predicted octanol–water partition coefficient (Wildman–Crippen LogP) is 1.89. The SMILES string of the molecule is C#CC[C@@H](C)CPOC. The Kier molecular flexibility index (Phi) is 6.04. The van der Waals surface area contributed by atoms with E-state index >= 15 is 0 Å². The smallest absolute Gasteiger partial charge is 0.0394 e. The summed E-state index contributed by atoms with van der Waals surface area (Å²) in [5.74, 6) is 3.24. The van der Waals surface area contributed by atoms with E-state index in [1.54, 1.807) is 7.11 Å². The van der Waals surface area contributed by atoms with E-state index in [1.807, 2.05) is 0 Å². The van der Waals surface area contributed by atoms with E-state index in [4.69, 9.17) is 10.9 Å². The van der Waals surface area contributed by atoms with Gasteiger partial charge in [0.15, 0.2) is 0 Å². The van der Waals surface area contributed by atoms with Crippen molar-refractivity contribution in [2.75, 3.05) is 13.3 Å². The second-order valence-corrected chi connectivity index (χ2v) is 3.17. The molecule has 0 aliphatic rings. The lowest BCUT2D eigenvalue weighted by molar-refractivity contribution is 0.469. The van der Waals surface area contributed by atoms with E-state index in [2.05, 4.69) is 12.8 Å². The third-order valence-electron chi connectivity index (χ3n) is 1.04. The molecule has 0 heterocycles. The summed E-state index contributed by atoms with van der Waals surface area (Å²) in [7, 11) is 2.33. The lowest BCUT2D eigenvalue weighted by Gasteiger charge is -2.04. The maximum atomic E-state index is 5.11. The number of terminal acetylenes is 1. The molecule has 2 atom stereocenters. The fourth-order valence-electron chi connectivity index (χ4n) is 0.499. The molecule has 52 valence electrons. The summed E-state index contributed by atoms with van der Waals surface area (Å²) in [5, 5.41) is 0. The van der Waals surface area contributed by atoms with Crippen LogP contribution in [-0.2, 0) is 4.52 Å². The van der Waals surface area contributed by atoms with Crippen molar-refractivity contribution >= 4 is 8.81 Å². The Morgan fingerprint density at radius 2 is 2.44 bits per heavy atom. The Bertz CT molecular complexity index is 95.6. The average molecular weight is 144 g/mol. The Morgan fingerprint density at radius 1 is 1.78 bits per heavy atom. The number of rotatable bonds is 4. The van der Waals surface area contributed by atoms with Gasteiger partial charge >= 0.3 is 0 Å². The zero-order chi connectivity index (χ0) is 7.11. The first kappa shape index (κ1) is 8.95. The van der Waals surface area contributed by atoms with E-state index in [0.717, 1.165) is 12.6 Å². The molecule has 0 aliphatic carbocycles. The summed E-state index contributed by atoms with van der Waals surface area (Å²) in [6.07, 6.45) is 7.08.